The summed E-state index contributed by atoms with van der Waals surface area (Å²) in [5.41, 5.74) is 14.7. The second-order valence-corrected chi connectivity index (χ2v) is 30.3. The number of allylic oxidation sites excluding steroid dienone is 6. The summed E-state index contributed by atoms with van der Waals surface area (Å²) < 4.78 is 128. The van der Waals surface area contributed by atoms with E-state index in [1.165, 1.54) is 71.2 Å². The maximum Gasteiger partial charge on any atom is 0.351 e. The summed E-state index contributed by atoms with van der Waals surface area (Å²) >= 11 is 0. The van der Waals surface area contributed by atoms with Crippen molar-refractivity contribution in [2.24, 2.45) is 5.11 Å². The van der Waals surface area contributed by atoms with Gasteiger partial charge in [0.2, 0.25) is 28.0 Å². The molecule has 0 bridgehead atoms. The van der Waals surface area contributed by atoms with Gasteiger partial charge in [0.05, 0.1) is 69.6 Å². The summed E-state index contributed by atoms with van der Waals surface area (Å²) in [6.07, 6.45) is 11.3. The molecule has 3 aromatic carbocycles. The highest BCUT2D eigenvalue weighted by molar-refractivity contribution is 7.86. The van der Waals surface area contributed by atoms with Gasteiger partial charge < -0.3 is 90.2 Å². The summed E-state index contributed by atoms with van der Waals surface area (Å²) in [6, 6.07) is 16.0. The van der Waals surface area contributed by atoms with E-state index in [9.17, 15) is 64.3 Å². The fourth-order valence-corrected chi connectivity index (χ4v) is 14.0. The number of carbonyl (C=O) groups is 7. The average Bonchev–Trinajstić information content (AvgIpc) is 0.921. The molecule has 4 atom stereocenters. The van der Waals surface area contributed by atoms with Crippen LogP contribution in [0.25, 0.3) is 43.9 Å². The van der Waals surface area contributed by atoms with Crippen LogP contribution in [-0.2, 0) is 72.6 Å². The van der Waals surface area contributed by atoms with E-state index in [-0.39, 0.29) is 228 Å². The number of nitrogens with two attached hydrogens (primary N) is 1. The number of benzene rings is 4. The molecule has 4 aromatic rings. The minimum Gasteiger partial charge on any atom is -0.491 e. The Kier molecular flexibility index (Phi) is 37.1. The van der Waals surface area contributed by atoms with E-state index in [4.69, 9.17) is 53.6 Å². The molecule has 3 heterocycles. The minimum absolute atomic E-state index is 0.00913. The third-order valence-electron chi connectivity index (χ3n) is 17.8. The number of fused-ring (bicyclic) bond motifs is 2. The molecule has 8 rings (SSSR count). The second-order valence-electron chi connectivity index (χ2n) is 27.6. The standard InChI is InChI=1S/C81H101N15O23S2/c1-8-84-62-29-27-59-70(60-28-30-63(85-9-2)74(121(108,109)110)72(60)119-71(59)73(62)120(105,106)107)58-26-25-55(46-61(58)79(103)95(7)38-18-34-89-76(100)53-19-13-11-10-12-14-20-53)78(102)91-37-40-112-42-41-111-39-31-66(98)86-33-17-24-65(97)88-35-36-90-77(101)54-21-15-23-57(45-54)115-50-68(93-94-83)114-44-43-113-49-67(99)87-32-16-22-56-48-96(81(104)92-75(56)82)69-47-64(116-51(3)4)80(118-69)117-52(5)6/h10-15,19-21,23,25-30,45-46,48,51-52,64,68-69,80,84H,8-9,17-18,24,31-44,47,49-50H2,1-7H3,(H,86,98)(H,87,99)(H,88,97)(H,89,100)(H,90,101)(H,91,102)(H2,82,92,104)(H,105,106,107)(H,108,109,110)/p+1/b11-10-,12-10?,13-11?,14-12-,19-13-,20-14?,53-19?,53-20+,85-63?/t64?,68?,69-,80+/m1/s1. The Morgan fingerprint density at radius 1 is 0.744 bits per heavy atom. The number of nitrogens with zero attached hydrogens (tertiary/aromatic N) is 6. The van der Waals surface area contributed by atoms with Gasteiger partial charge in [-0.1, -0.05) is 59.5 Å². The van der Waals surface area contributed by atoms with Crippen molar-refractivity contribution in [2.45, 2.75) is 120 Å². The lowest BCUT2D eigenvalue weighted by Crippen LogP contribution is -2.76. The highest BCUT2D eigenvalue weighted by Crippen LogP contribution is 2.46. The largest absolute Gasteiger partial charge is 0.491 e. The van der Waals surface area contributed by atoms with Gasteiger partial charge in [-0.3, -0.25) is 47.2 Å². The average molecular weight is 1720 g/mol. The number of anilines is 2. The number of nitrogens with one attached hydrogen (secondary N) is 8. The van der Waals surface area contributed by atoms with E-state index in [0.29, 0.717) is 18.4 Å². The molecule has 4 aliphatic rings. The lowest BCUT2D eigenvalue weighted by molar-refractivity contribution is -0.498. The number of hydrogen-bond donors (Lipinski definition) is 11. The molecular formula is C81H102N15O23S2+. The SMILES string of the molecule is CCNc1ccc2c(-c3ccc(C(=O)NCCOCCOCCC(=O)NCCCC(=O)NCCNC(=O)c4cccc(OCC(N=[N+]=[N-])OCCOCC(=O)NCC#Cc5cn([C@H]6CC(OC(C)C)[C@@H](OC(C)C)O6)c(=O)nc5N)c4)cc3C(=O)N(C)CCCNC(=O)C3=C/C=C\C=C/C=C\3)c3ccc(=[NH+]CC)c(S(=O)(=O)O)c-3oc2c1S(=O)(=O)O. The number of amides is 7. The molecule has 38 nitrogen and oxygen atoms in total. The van der Waals surface area contributed by atoms with Crippen LogP contribution in [0.2, 0.25) is 0 Å². The van der Waals surface area contributed by atoms with E-state index in [2.05, 4.69) is 69.1 Å². The Hall–Kier alpha value is -11.7. The van der Waals surface area contributed by atoms with Gasteiger partial charge in [0.15, 0.2) is 28.8 Å². The Morgan fingerprint density at radius 3 is 2.16 bits per heavy atom. The van der Waals surface area contributed by atoms with Crippen molar-refractivity contribution in [1.29, 1.82) is 0 Å². The van der Waals surface area contributed by atoms with Gasteiger partial charge in [0, 0.05) is 128 Å². The molecule has 650 valence electrons. The van der Waals surface area contributed by atoms with Crippen LogP contribution in [0.4, 0.5) is 11.5 Å². The second kappa shape index (κ2) is 47.3. The molecule has 1 aromatic heterocycles. The number of rotatable bonds is 46. The Bertz CT molecular complexity index is 5240. The van der Waals surface area contributed by atoms with Gasteiger partial charge in [-0.15, -0.1) is 0 Å². The minimum atomic E-state index is -5.18. The van der Waals surface area contributed by atoms with Crippen LogP contribution < -0.4 is 63.7 Å². The van der Waals surface area contributed by atoms with Crippen molar-refractivity contribution in [3.05, 3.63) is 170 Å². The number of azide groups is 1. The van der Waals surface area contributed by atoms with E-state index in [0.717, 1.165) is 0 Å². The molecular weight excluding hydrogens is 1620 g/mol. The first-order valence-corrected chi connectivity index (χ1v) is 41.9. The summed E-state index contributed by atoms with van der Waals surface area (Å²) in [5.74, 6) is 2.01. The Morgan fingerprint density at radius 2 is 1.42 bits per heavy atom. The molecule has 2 aliphatic heterocycles. The first kappa shape index (κ1) is 94.8. The topological polar surface area (TPSA) is 526 Å². The van der Waals surface area contributed by atoms with Crippen LogP contribution in [-0.4, -0.2) is 231 Å². The van der Waals surface area contributed by atoms with Crippen molar-refractivity contribution in [3.8, 4) is 40.0 Å². The van der Waals surface area contributed by atoms with Gasteiger partial charge in [-0.05, 0) is 126 Å². The maximum absolute atomic E-state index is 15.0. The van der Waals surface area contributed by atoms with Gasteiger partial charge in [0.1, 0.15) is 43.7 Å². The van der Waals surface area contributed by atoms with E-state index in [1.807, 2.05) is 33.8 Å². The quantitative estimate of drug-likeness (QED) is 0.00493. The monoisotopic (exact) mass is 1720 g/mol. The van der Waals surface area contributed by atoms with Crippen LogP contribution in [0, 0.1) is 11.8 Å². The highest BCUT2D eigenvalue weighted by atomic mass is 32.2. The van der Waals surface area contributed by atoms with Crippen molar-refractivity contribution >= 4 is 84.1 Å². The van der Waals surface area contributed by atoms with Gasteiger partial charge in [-0.25, -0.2) is 9.79 Å². The number of ether oxygens (including phenoxy) is 8. The fourth-order valence-electron chi connectivity index (χ4n) is 12.4. The molecule has 1 fully saturated rings. The molecule has 7 amide bonds. The summed E-state index contributed by atoms with van der Waals surface area (Å²) in [5, 5.41) is 22.7. The number of hydrogen-bond acceptors (Lipinski definition) is 25. The number of aromatic nitrogens is 2. The normalized spacial score (nSPS) is 16.1. The highest BCUT2D eigenvalue weighted by Gasteiger charge is 2.40. The molecule has 12 N–H and O–H groups in total. The molecule has 2 unspecified atom stereocenters. The van der Waals surface area contributed by atoms with E-state index < -0.39 is 95.5 Å². The number of nitrogen functional groups attached to an aromatic ring is 1. The van der Waals surface area contributed by atoms with Crippen molar-refractivity contribution in [1.82, 2.24) is 46.4 Å². The van der Waals surface area contributed by atoms with Gasteiger partial charge in [0.25, 0.3) is 33.7 Å². The lowest BCUT2D eigenvalue weighted by atomic mass is 9.89. The Labute approximate surface area is 698 Å². The zero-order valence-corrected chi connectivity index (χ0v) is 69.7. The van der Waals surface area contributed by atoms with Crippen molar-refractivity contribution in [3.63, 3.8) is 0 Å². The van der Waals surface area contributed by atoms with Crippen LogP contribution in [0.3, 0.4) is 0 Å². The van der Waals surface area contributed by atoms with Gasteiger partial charge >= 0.3 is 15.8 Å². The summed E-state index contributed by atoms with van der Waals surface area (Å²) in [7, 11) is -8.86. The first-order valence-electron chi connectivity index (χ1n) is 39.0. The first-order chi connectivity index (χ1) is 58.0. The molecule has 121 heavy (non-hydrogen) atoms. The molecule has 0 saturated carbocycles. The lowest BCUT2D eigenvalue weighted by Gasteiger charge is -2.23. The molecule has 0 spiro atoms. The van der Waals surface area contributed by atoms with Crippen molar-refractivity contribution in [2.75, 3.05) is 130 Å². The molecule has 1 saturated heterocycles. The maximum atomic E-state index is 15.0. The van der Waals surface area contributed by atoms with Crippen LogP contribution in [0.1, 0.15) is 117 Å². The van der Waals surface area contributed by atoms with Crippen molar-refractivity contribution < 1.29 is 107 Å². The molecule has 40 heteroatoms. The van der Waals surface area contributed by atoms with Crippen LogP contribution in [0.15, 0.2) is 145 Å². The smallest absolute Gasteiger partial charge is 0.351 e. The predicted octanol–water partition coefficient (Wildman–Crippen LogP) is 3.73. The van der Waals surface area contributed by atoms with E-state index >= 15 is 0 Å². The fraction of sp³-hybridized carbons (Fsp3) is 0.432. The zero-order valence-electron chi connectivity index (χ0n) is 68.0. The molecule has 0 radical (unpaired) electrons. The zero-order chi connectivity index (χ0) is 87.6. The number of carbonyl (C=O) groups excluding carboxylic acids is 7. The van der Waals surface area contributed by atoms with E-state index in [1.54, 1.807) is 68.5 Å². The third-order valence-corrected chi connectivity index (χ3v) is 19.6. The predicted molar refractivity (Wildman–Crippen MR) is 442 cm³/mol. The van der Waals surface area contributed by atoms with Crippen LogP contribution >= 0.6 is 0 Å². The summed E-state index contributed by atoms with van der Waals surface area (Å²) in [4.78, 5) is 115. The van der Waals surface area contributed by atoms with Gasteiger partial charge in [-0.2, -0.15) is 21.8 Å². The van der Waals surface area contributed by atoms with Crippen LogP contribution in [0.5, 0.6) is 5.75 Å². The third kappa shape index (κ3) is 29.0. The molecule has 2 aliphatic carbocycles. The summed E-state index contributed by atoms with van der Waals surface area (Å²) in [6.45, 7) is 11.2. The Balaban J connectivity index is 0.721.